The van der Waals surface area contributed by atoms with Crippen molar-refractivity contribution in [2.75, 3.05) is 47.5 Å². The predicted octanol–water partition coefficient (Wildman–Crippen LogP) is 15.0. The molecule has 63 heavy (non-hydrogen) atoms. The van der Waals surface area contributed by atoms with E-state index < -0.39 is 26.5 Å². The molecule has 0 bridgehead atoms. The Morgan fingerprint density at radius 2 is 0.857 bits per heavy atom. The number of ether oxygens (including phenoxy) is 2. The smallest absolute Gasteiger partial charge is 0.306 e. The Labute approximate surface area is 389 Å². The molecule has 0 fully saturated rings. The molecule has 0 aliphatic heterocycles. The number of phosphoric acid groups is 1. The number of phosphoric ester groups is 1. The van der Waals surface area contributed by atoms with E-state index in [0.717, 1.165) is 64.2 Å². The fraction of sp³-hybridized carbons (Fsp3) is 0.849. The Balaban J connectivity index is 4.18. The van der Waals surface area contributed by atoms with Crippen molar-refractivity contribution >= 4 is 19.8 Å². The minimum Gasteiger partial charge on any atom is -0.756 e. The molecule has 0 aliphatic rings. The van der Waals surface area contributed by atoms with Crippen LogP contribution in [0.25, 0.3) is 0 Å². The summed E-state index contributed by atoms with van der Waals surface area (Å²) in [7, 11) is 1.17. The van der Waals surface area contributed by atoms with Crippen LogP contribution in [0.5, 0.6) is 0 Å². The minimum atomic E-state index is -4.63. The van der Waals surface area contributed by atoms with Crippen LogP contribution in [0.3, 0.4) is 0 Å². The third-order valence-electron chi connectivity index (χ3n) is 11.4. The summed E-state index contributed by atoms with van der Waals surface area (Å²) in [5, 5.41) is 0. The van der Waals surface area contributed by atoms with Gasteiger partial charge in [-0.05, 0) is 70.6 Å². The van der Waals surface area contributed by atoms with Crippen molar-refractivity contribution < 1.29 is 42.1 Å². The number of quaternary nitrogens is 1. The molecule has 0 amide bonds. The van der Waals surface area contributed by atoms with E-state index in [0.29, 0.717) is 17.4 Å². The van der Waals surface area contributed by atoms with Crippen molar-refractivity contribution in [3.63, 3.8) is 0 Å². The van der Waals surface area contributed by atoms with E-state index in [-0.39, 0.29) is 32.0 Å². The number of esters is 2. The first-order chi connectivity index (χ1) is 30.5. The van der Waals surface area contributed by atoms with Gasteiger partial charge in [0, 0.05) is 12.8 Å². The van der Waals surface area contributed by atoms with Crippen LogP contribution in [-0.2, 0) is 32.7 Å². The zero-order chi connectivity index (χ0) is 46.4. The lowest BCUT2D eigenvalue weighted by Gasteiger charge is -2.28. The SMILES string of the molecule is CCCCCCC/C=C\C/C=C\CCCCCCCCCCCCCCCC(=O)OC(COC(=O)CCCCCCC/C=C\CCCCCCC)COP(=O)([O-])OCC[N+](C)(C)C. The molecule has 0 aromatic heterocycles. The molecule has 2 unspecified atom stereocenters. The van der Waals surface area contributed by atoms with E-state index in [1.54, 1.807) is 0 Å². The third-order valence-corrected chi connectivity index (χ3v) is 12.3. The molecule has 0 saturated carbocycles. The zero-order valence-corrected chi connectivity index (χ0v) is 42.7. The van der Waals surface area contributed by atoms with Crippen LogP contribution in [0.1, 0.15) is 239 Å². The Hall–Kier alpha value is -1.77. The highest BCUT2D eigenvalue weighted by molar-refractivity contribution is 7.45. The first-order valence-electron chi connectivity index (χ1n) is 26.2. The van der Waals surface area contributed by atoms with Gasteiger partial charge < -0.3 is 27.9 Å². The van der Waals surface area contributed by atoms with Crippen LogP contribution in [0, 0.1) is 0 Å². The first kappa shape index (κ1) is 61.2. The van der Waals surface area contributed by atoms with Crippen molar-refractivity contribution in [2.45, 2.75) is 245 Å². The van der Waals surface area contributed by atoms with E-state index in [4.69, 9.17) is 18.5 Å². The van der Waals surface area contributed by atoms with Gasteiger partial charge >= 0.3 is 11.9 Å². The molecule has 0 radical (unpaired) electrons. The maximum Gasteiger partial charge on any atom is 0.306 e. The molecular formula is C53H100NO8P. The number of likely N-dealkylation sites (N-methyl/N-ethyl adjacent to an activating group) is 1. The highest BCUT2D eigenvalue weighted by Gasteiger charge is 2.21. The summed E-state index contributed by atoms with van der Waals surface area (Å²) >= 11 is 0. The predicted molar refractivity (Wildman–Crippen MR) is 264 cm³/mol. The second-order valence-electron chi connectivity index (χ2n) is 18.9. The third kappa shape index (κ3) is 49.5. The fourth-order valence-corrected chi connectivity index (χ4v) is 8.00. The summed E-state index contributed by atoms with van der Waals surface area (Å²) in [4.78, 5) is 37.7. The molecule has 0 rings (SSSR count). The van der Waals surface area contributed by atoms with Crippen LogP contribution in [0.15, 0.2) is 36.5 Å². The largest absolute Gasteiger partial charge is 0.756 e. The summed E-state index contributed by atoms with van der Waals surface area (Å²) in [6.45, 7) is 4.22. The van der Waals surface area contributed by atoms with E-state index in [1.807, 2.05) is 21.1 Å². The number of hydrogen-bond acceptors (Lipinski definition) is 8. The molecule has 0 aromatic rings. The van der Waals surface area contributed by atoms with E-state index in [2.05, 4.69) is 50.3 Å². The van der Waals surface area contributed by atoms with Crippen LogP contribution in [0.4, 0.5) is 0 Å². The highest BCUT2D eigenvalue weighted by atomic mass is 31.2. The number of hydrogen-bond donors (Lipinski definition) is 0. The lowest BCUT2D eigenvalue weighted by atomic mass is 10.0. The summed E-state index contributed by atoms with van der Waals surface area (Å²) in [6, 6.07) is 0. The number of nitrogens with zero attached hydrogens (tertiary/aromatic N) is 1. The quantitative estimate of drug-likeness (QED) is 0.0195. The highest BCUT2D eigenvalue weighted by Crippen LogP contribution is 2.38. The number of allylic oxidation sites excluding steroid dienone is 6. The van der Waals surface area contributed by atoms with Gasteiger partial charge in [-0.2, -0.15) is 0 Å². The summed E-state index contributed by atoms with van der Waals surface area (Å²) < 4.78 is 34.0. The molecular weight excluding hydrogens is 810 g/mol. The summed E-state index contributed by atoms with van der Waals surface area (Å²) in [6.07, 6.45) is 53.2. The number of rotatable bonds is 48. The molecule has 0 aromatic carbocycles. The molecule has 2 atom stereocenters. The number of carbonyl (C=O) groups excluding carboxylic acids is 2. The zero-order valence-electron chi connectivity index (χ0n) is 41.8. The summed E-state index contributed by atoms with van der Waals surface area (Å²) in [5.74, 6) is -0.838. The first-order valence-corrected chi connectivity index (χ1v) is 27.7. The summed E-state index contributed by atoms with van der Waals surface area (Å²) in [5.41, 5.74) is 0. The van der Waals surface area contributed by atoms with Crippen LogP contribution < -0.4 is 4.89 Å². The molecule has 370 valence electrons. The molecule has 0 spiro atoms. The molecule has 0 aliphatic carbocycles. The lowest BCUT2D eigenvalue weighted by Crippen LogP contribution is -2.37. The topological polar surface area (TPSA) is 111 Å². The van der Waals surface area contributed by atoms with E-state index >= 15 is 0 Å². The van der Waals surface area contributed by atoms with E-state index in [9.17, 15) is 19.0 Å². The molecule has 0 N–H and O–H groups in total. The average Bonchev–Trinajstić information content (AvgIpc) is 3.24. The van der Waals surface area contributed by atoms with Crippen molar-refractivity contribution in [1.29, 1.82) is 0 Å². The van der Waals surface area contributed by atoms with Gasteiger partial charge in [0.05, 0.1) is 27.7 Å². The Morgan fingerprint density at radius 1 is 0.492 bits per heavy atom. The second-order valence-corrected chi connectivity index (χ2v) is 20.3. The van der Waals surface area contributed by atoms with Crippen LogP contribution >= 0.6 is 7.82 Å². The van der Waals surface area contributed by atoms with Gasteiger partial charge in [-0.3, -0.25) is 14.2 Å². The van der Waals surface area contributed by atoms with Gasteiger partial charge in [0.25, 0.3) is 7.82 Å². The molecule has 0 heterocycles. The van der Waals surface area contributed by atoms with Crippen molar-refractivity contribution in [1.82, 2.24) is 0 Å². The van der Waals surface area contributed by atoms with Gasteiger partial charge in [-0.15, -0.1) is 0 Å². The fourth-order valence-electron chi connectivity index (χ4n) is 7.27. The van der Waals surface area contributed by atoms with Gasteiger partial charge in [0.15, 0.2) is 6.10 Å². The number of carbonyl (C=O) groups is 2. The lowest BCUT2D eigenvalue weighted by molar-refractivity contribution is -0.870. The minimum absolute atomic E-state index is 0.0316. The molecule has 10 heteroatoms. The Morgan fingerprint density at radius 3 is 1.27 bits per heavy atom. The van der Waals surface area contributed by atoms with Gasteiger partial charge in [0.1, 0.15) is 19.8 Å². The monoisotopic (exact) mass is 910 g/mol. The van der Waals surface area contributed by atoms with Gasteiger partial charge in [-0.25, -0.2) is 0 Å². The maximum absolute atomic E-state index is 12.7. The van der Waals surface area contributed by atoms with Crippen molar-refractivity contribution in [3.8, 4) is 0 Å². The van der Waals surface area contributed by atoms with Gasteiger partial charge in [0.2, 0.25) is 0 Å². The Bertz CT molecular complexity index is 1170. The standard InChI is InChI=1S/C53H100NO8P/c1-6-8-10-12-14-16-18-20-22-23-24-25-26-27-28-29-30-31-32-34-36-38-40-42-44-46-53(56)62-51(50-61-63(57,58)60-48-47-54(3,4)5)49-59-52(55)45-43-41-39-37-35-33-21-19-17-15-13-11-9-7-2/h18-21,23-24,51H,6-17,22,25-50H2,1-5H3/b20-18-,21-19-,24-23-. The normalized spacial score (nSPS) is 13.7. The average molecular weight is 910 g/mol. The van der Waals surface area contributed by atoms with Crippen LogP contribution in [0.2, 0.25) is 0 Å². The van der Waals surface area contributed by atoms with Gasteiger partial charge in [-0.1, -0.05) is 192 Å². The van der Waals surface area contributed by atoms with Crippen molar-refractivity contribution in [2.24, 2.45) is 0 Å². The second kappa shape index (κ2) is 45.4. The van der Waals surface area contributed by atoms with Crippen molar-refractivity contribution in [3.05, 3.63) is 36.5 Å². The Kier molecular flexibility index (Phi) is 44.1. The molecule has 9 nitrogen and oxygen atoms in total. The maximum atomic E-state index is 12.7. The van der Waals surface area contributed by atoms with Crippen LogP contribution in [-0.4, -0.2) is 70.0 Å². The molecule has 0 saturated heterocycles. The van der Waals surface area contributed by atoms with E-state index in [1.165, 1.54) is 141 Å². The number of unbranched alkanes of at least 4 members (excludes halogenated alkanes) is 28.